The van der Waals surface area contributed by atoms with Gasteiger partial charge in [-0.25, -0.2) is 8.42 Å². The molecule has 1 N–H and O–H groups in total. The fourth-order valence-corrected chi connectivity index (χ4v) is 4.03. The molecule has 1 rings (SSSR count). The van der Waals surface area contributed by atoms with E-state index in [1.54, 1.807) is 0 Å². The molecule has 1 aliphatic carbocycles. The molecular formula is C10H20O3S. The summed E-state index contributed by atoms with van der Waals surface area (Å²) in [4.78, 5) is 0. The quantitative estimate of drug-likeness (QED) is 0.781. The Morgan fingerprint density at radius 1 is 1.50 bits per heavy atom. The molecule has 0 bridgehead atoms. The van der Waals surface area contributed by atoms with Gasteiger partial charge in [0.15, 0.2) is 9.84 Å². The van der Waals surface area contributed by atoms with Crippen molar-refractivity contribution in [2.75, 3.05) is 6.26 Å². The Balaban J connectivity index is 2.76. The molecule has 0 aromatic rings. The van der Waals surface area contributed by atoms with Crippen LogP contribution in [-0.2, 0) is 9.84 Å². The third kappa shape index (κ3) is 2.48. The largest absolute Gasteiger partial charge is 0.389 e. The van der Waals surface area contributed by atoms with Crippen molar-refractivity contribution in [3.05, 3.63) is 0 Å². The van der Waals surface area contributed by atoms with Crippen LogP contribution in [0, 0.1) is 0 Å². The molecule has 0 heterocycles. The first-order valence-electron chi connectivity index (χ1n) is 5.31. The minimum atomic E-state index is -3.09. The maximum atomic E-state index is 11.5. The maximum absolute atomic E-state index is 11.5. The van der Waals surface area contributed by atoms with Crippen molar-refractivity contribution < 1.29 is 13.5 Å². The van der Waals surface area contributed by atoms with E-state index in [1.165, 1.54) is 6.26 Å². The van der Waals surface area contributed by atoms with Crippen LogP contribution in [-0.4, -0.2) is 30.6 Å². The smallest absolute Gasteiger partial charge is 0.153 e. The Labute approximate surface area is 86.4 Å². The summed E-state index contributed by atoms with van der Waals surface area (Å²) in [6.07, 6.45) is 5.87. The summed E-state index contributed by atoms with van der Waals surface area (Å²) in [5, 5.41) is 9.71. The normalized spacial score (nSPS) is 33.5. The highest BCUT2D eigenvalue weighted by molar-refractivity contribution is 7.91. The summed E-state index contributed by atoms with van der Waals surface area (Å²) in [6, 6.07) is 0. The minimum absolute atomic E-state index is 0.526. The lowest BCUT2D eigenvalue weighted by molar-refractivity contribution is 0.0397. The van der Waals surface area contributed by atoms with Gasteiger partial charge < -0.3 is 5.11 Å². The first kappa shape index (κ1) is 12.0. The van der Waals surface area contributed by atoms with Crippen LogP contribution in [0.2, 0.25) is 0 Å². The molecule has 1 saturated carbocycles. The van der Waals surface area contributed by atoms with Crippen molar-refractivity contribution >= 4 is 9.84 Å². The lowest BCUT2D eigenvalue weighted by Gasteiger charge is -2.28. The van der Waals surface area contributed by atoms with E-state index in [9.17, 15) is 13.5 Å². The van der Waals surface area contributed by atoms with Crippen LogP contribution in [0.5, 0.6) is 0 Å². The van der Waals surface area contributed by atoms with Gasteiger partial charge in [-0.2, -0.15) is 0 Å². The van der Waals surface area contributed by atoms with E-state index >= 15 is 0 Å². The van der Waals surface area contributed by atoms with Crippen molar-refractivity contribution in [2.24, 2.45) is 0 Å². The molecule has 0 aliphatic heterocycles. The molecule has 0 aromatic heterocycles. The van der Waals surface area contributed by atoms with Crippen molar-refractivity contribution in [3.8, 4) is 0 Å². The van der Waals surface area contributed by atoms with Gasteiger partial charge in [-0.15, -0.1) is 0 Å². The van der Waals surface area contributed by atoms with E-state index in [0.717, 1.165) is 19.3 Å². The van der Waals surface area contributed by atoms with Crippen LogP contribution >= 0.6 is 0 Å². The summed E-state index contributed by atoms with van der Waals surface area (Å²) in [7, 11) is -3.09. The predicted molar refractivity (Wildman–Crippen MR) is 57.0 cm³/mol. The molecule has 3 nitrogen and oxygen atoms in total. The fourth-order valence-electron chi connectivity index (χ4n) is 2.40. The Hall–Kier alpha value is -0.0900. The van der Waals surface area contributed by atoms with Gasteiger partial charge in [0.2, 0.25) is 0 Å². The maximum Gasteiger partial charge on any atom is 0.153 e. The van der Waals surface area contributed by atoms with Crippen molar-refractivity contribution in [2.45, 2.75) is 56.3 Å². The summed E-state index contributed by atoms with van der Waals surface area (Å²) >= 11 is 0. The zero-order chi connectivity index (χ0) is 10.8. The highest BCUT2D eigenvalue weighted by Crippen LogP contribution is 2.38. The first-order chi connectivity index (χ1) is 6.40. The number of sulfone groups is 1. The molecule has 0 saturated heterocycles. The van der Waals surface area contributed by atoms with Crippen molar-refractivity contribution in [3.63, 3.8) is 0 Å². The molecule has 0 aromatic carbocycles. The number of hydrogen-bond donors (Lipinski definition) is 1. The molecular weight excluding hydrogens is 200 g/mol. The minimum Gasteiger partial charge on any atom is -0.389 e. The van der Waals surface area contributed by atoms with Crippen molar-refractivity contribution in [1.29, 1.82) is 0 Å². The molecule has 0 radical (unpaired) electrons. The third-order valence-corrected chi connectivity index (χ3v) is 4.86. The van der Waals surface area contributed by atoms with Crippen LogP contribution in [0.25, 0.3) is 0 Å². The first-order valence-corrected chi connectivity index (χ1v) is 7.27. The van der Waals surface area contributed by atoms with Gasteiger partial charge in [0.25, 0.3) is 0 Å². The molecule has 0 amide bonds. The van der Waals surface area contributed by atoms with E-state index in [0.29, 0.717) is 19.3 Å². The number of unbranched alkanes of at least 4 members (excludes halogenated alkanes) is 1. The third-order valence-electron chi connectivity index (χ3n) is 3.16. The van der Waals surface area contributed by atoms with Crippen LogP contribution in [0.4, 0.5) is 0 Å². The summed E-state index contributed by atoms with van der Waals surface area (Å²) in [6.45, 7) is 2.05. The van der Waals surface area contributed by atoms with Crippen LogP contribution < -0.4 is 0 Å². The Kier molecular flexibility index (Phi) is 3.58. The Morgan fingerprint density at radius 3 is 2.64 bits per heavy atom. The average molecular weight is 220 g/mol. The highest BCUT2D eigenvalue weighted by Gasteiger charge is 2.45. The summed E-state index contributed by atoms with van der Waals surface area (Å²) in [5.74, 6) is 0. The topological polar surface area (TPSA) is 54.4 Å². The van der Waals surface area contributed by atoms with Gasteiger partial charge in [-0.1, -0.05) is 19.8 Å². The lowest BCUT2D eigenvalue weighted by atomic mass is 9.95. The summed E-state index contributed by atoms with van der Waals surface area (Å²) in [5.41, 5.74) is -0.941. The molecule has 14 heavy (non-hydrogen) atoms. The van der Waals surface area contributed by atoms with Gasteiger partial charge in [0, 0.05) is 6.26 Å². The standard InChI is InChI=1S/C10H20O3S/c1-3-4-7-10(11)8-5-6-9(10)14(2,12)13/h9,11H,3-8H2,1-2H3. The van der Waals surface area contributed by atoms with Crippen LogP contribution in [0.3, 0.4) is 0 Å². The predicted octanol–water partition coefficient (Wildman–Crippen LogP) is 1.50. The monoisotopic (exact) mass is 220 g/mol. The van der Waals surface area contributed by atoms with Gasteiger partial charge in [0.1, 0.15) is 0 Å². The highest BCUT2D eigenvalue weighted by atomic mass is 32.2. The van der Waals surface area contributed by atoms with E-state index in [-0.39, 0.29) is 0 Å². The number of hydrogen-bond acceptors (Lipinski definition) is 3. The second-order valence-corrected chi connectivity index (χ2v) is 6.65. The Morgan fingerprint density at radius 2 is 2.14 bits per heavy atom. The van der Waals surface area contributed by atoms with E-state index < -0.39 is 20.7 Å². The van der Waals surface area contributed by atoms with Crippen LogP contribution in [0.1, 0.15) is 45.4 Å². The zero-order valence-electron chi connectivity index (χ0n) is 8.99. The van der Waals surface area contributed by atoms with Gasteiger partial charge in [0.05, 0.1) is 10.9 Å². The molecule has 1 fully saturated rings. The molecule has 84 valence electrons. The van der Waals surface area contributed by atoms with Gasteiger partial charge in [-0.3, -0.25) is 0 Å². The lowest BCUT2D eigenvalue weighted by Crippen LogP contribution is -2.42. The second kappa shape index (κ2) is 4.19. The molecule has 4 heteroatoms. The zero-order valence-corrected chi connectivity index (χ0v) is 9.81. The van der Waals surface area contributed by atoms with Crippen LogP contribution in [0.15, 0.2) is 0 Å². The van der Waals surface area contributed by atoms with Crippen molar-refractivity contribution in [1.82, 2.24) is 0 Å². The Bertz CT molecular complexity index is 284. The van der Waals surface area contributed by atoms with E-state index in [4.69, 9.17) is 0 Å². The molecule has 0 spiro atoms. The van der Waals surface area contributed by atoms with Gasteiger partial charge >= 0.3 is 0 Å². The molecule has 2 unspecified atom stereocenters. The molecule has 1 aliphatic rings. The van der Waals surface area contributed by atoms with E-state index in [2.05, 4.69) is 0 Å². The fraction of sp³-hybridized carbons (Fsp3) is 1.00. The number of aliphatic hydroxyl groups is 1. The second-order valence-electron chi connectivity index (χ2n) is 4.42. The molecule has 2 atom stereocenters. The average Bonchev–Trinajstić information content (AvgIpc) is 2.44. The number of rotatable bonds is 4. The van der Waals surface area contributed by atoms with E-state index in [1.807, 2.05) is 6.92 Å². The van der Waals surface area contributed by atoms with Gasteiger partial charge in [-0.05, 0) is 25.7 Å². The SMILES string of the molecule is CCCCC1(O)CCCC1S(C)(=O)=O. The summed E-state index contributed by atoms with van der Waals surface area (Å²) < 4.78 is 22.9.